The number of methoxy groups -OCH3 is 1. The van der Waals surface area contributed by atoms with Gasteiger partial charge < -0.3 is 69.7 Å². The van der Waals surface area contributed by atoms with E-state index in [0.29, 0.717) is 71.4 Å². The minimum atomic E-state index is -3.70. The number of carbonyl (C=O) groups excluding carboxylic acids is 7. The molecule has 762 valence electrons. The first kappa shape index (κ1) is 116. The SMILES string of the molecule is C.C#CCC1CCC1.C#CCC1CCC1.COC(=O)CC1CCC1.COP(=O)(OC)C(=[N+]=[N-])C(C)=O.O=C1N(O)[C@@H]2CC[C@@H](c3cc(CC4CCC4)on3)N1C2.O=C1N2C[C@@H](CC[C@H]2/C(Cl)=N/O)N1OCc1ccccc1.O=C1N2C[C@@H](CC[C@H]2/C=N/O)N1OCc1ccccc1.O=C1N2C[C@@H](CC[C@H]2c2cc(CC3CCC3)on2)N1OCc1ccccc1.O=CCC1CCC1.OCCC1CCC1.[AlH3].[H-].[Li+]. The molecule has 8 atom stereocenters. The molecule has 10 heterocycles. The number of benzene rings is 3. The average Bonchev–Trinajstić information content (AvgIpc) is 1.63. The topological polar surface area (TPSA) is 412 Å². The number of halogens is 1. The zero-order chi connectivity index (χ0) is 97.6. The Bertz CT molecular complexity index is 4850. The first-order chi connectivity index (χ1) is 66.6. The molecule has 140 heavy (non-hydrogen) atoms. The first-order valence-electron chi connectivity index (χ1n) is 49.0. The van der Waals surface area contributed by atoms with Crippen molar-refractivity contribution in [2.24, 2.45) is 51.7 Å². The van der Waals surface area contributed by atoms with Crippen LogP contribution in [0, 0.1) is 66.1 Å². The van der Waals surface area contributed by atoms with E-state index < -0.39 is 18.8 Å². The van der Waals surface area contributed by atoms with Gasteiger partial charge in [0, 0.05) is 105 Å². The number of piperidine rings is 4. The Kier molecular flexibility index (Phi) is 50.1. The maximum absolute atomic E-state index is 12.9. The molecule has 0 unspecified atom stereocenters. The molecular formula is C102H148AlClLiN14O20P. The number of hydrogen-bond donors (Lipinski definition) is 4. The molecular weight excluding hydrogens is 1840 g/mol. The standard InChI is InChI=1S/C21H25N3O3.C14H16ClN3O3.C14H19N3O3.C14H17N3O3.C7H12O2.2C7H10.C6H12O.C6H10O.C5H9N2O4P.CH4.Al.Li.4H/c25-21-23-13-17(24(21)26-14-16-5-2-1-3-6-16)9-10-20(23)19-12-18(27-22-19)11-15-7-4-8-15;15-13(16-20)12-7-6-11-8-17(12)14(19)18(11)21-9-10-4-2-1-3-5-10;18-14-16-8-10(17(14)19)4-5-13(16)12-7-11(20-15-12)6-9-2-1-3-9;18-14-16-9-13(7-6-12(16)8-15-19)17(14)20-10-11-4-2-1-3-5-11;1-9-7(8)5-6-3-2-4-6;2*1-2-4-7-5-3-6-7;2*7-5-4-6-2-1-3-6;1-4(8)5(7-6)12(9,10-2)11-3;;;;;;;/h1-3,5-6,12,15,17,20H,4,7-11,13-14H2;1-5,11-12,20H,6-9H2;7,9-10,13,19H,1-6,8H2;1-5,8,12-13,19H,6-7,9-10H2;6H,2-5H2,1H3;2*1,7H,3-6H2;6-7H,1-5H2;5-6H,1-4H2;1-3H3;1H4;;;;;;/q;;;;;;;;;;;;+1;;;;-1/b;16-13-;;15-8+;;;;;;;;;;;;;/t17-,20+;11-,12+;10-,13+;12-,13+;;;;;;;;;;;;;/m1110............./s1. The number of aromatic nitrogens is 2. The number of carbonyl (C=O) groups is 7. The summed E-state index contributed by atoms with van der Waals surface area (Å²) in [6.45, 7) is 5.10. The van der Waals surface area contributed by atoms with Crippen LogP contribution in [0.2, 0.25) is 0 Å². The molecule has 8 aliphatic heterocycles. The van der Waals surface area contributed by atoms with Crippen molar-refractivity contribution in [1.82, 2.24) is 50.2 Å². The van der Waals surface area contributed by atoms with Gasteiger partial charge in [0.05, 0.1) is 61.7 Å². The van der Waals surface area contributed by atoms with E-state index in [0.717, 1.165) is 191 Å². The Morgan fingerprint density at radius 3 is 1.29 bits per heavy atom. The second-order valence-corrected chi connectivity index (χ2v) is 40.4. The summed E-state index contributed by atoms with van der Waals surface area (Å²) in [6, 6.07) is 32.4. The molecule has 7 aliphatic carbocycles. The number of ketones is 1. The molecule has 8 saturated heterocycles. The normalized spacial score (nSPS) is 22.9. The van der Waals surface area contributed by atoms with Gasteiger partial charge in [-0.15, -0.1) is 24.7 Å². The van der Waals surface area contributed by atoms with Crippen molar-refractivity contribution in [1.29, 1.82) is 0 Å². The van der Waals surface area contributed by atoms with Crippen LogP contribution < -0.4 is 18.9 Å². The minimum absolute atomic E-state index is 0. The van der Waals surface area contributed by atoms with Gasteiger partial charge in [-0.1, -0.05) is 227 Å². The van der Waals surface area contributed by atoms with E-state index in [9.17, 15) is 43.3 Å². The Labute approximate surface area is 854 Å². The summed E-state index contributed by atoms with van der Waals surface area (Å²) in [4.78, 5) is 107. The number of esters is 1. The Morgan fingerprint density at radius 1 is 0.557 bits per heavy atom. The van der Waals surface area contributed by atoms with Crippen LogP contribution in [-0.2, 0) is 79.9 Å². The molecule has 4 N–H and O–H groups in total. The Balaban J connectivity index is 0.000000220. The number of hydroxylamine groups is 8. The number of fused-ring (bicyclic) bond motifs is 8. The number of aliphatic hydroxyl groups excluding tert-OH is 1. The van der Waals surface area contributed by atoms with E-state index in [-0.39, 0.29) is 129 Å². The number of urea groups is 4. The molecule has 2 aromatic heterocycles. The second kappa shape index (κ2) is 60.4. The summed E-state index contributed by atoms with van der Waals surface area (Å²) in [5, 5.41) is 55.4. The first-order valence-corrected chi connectivity index (χ1v) is 51.0. The maximum Gasteiger partial charge on any atom is 1.00 e. The van der Waals surface area contributed by atoms with Crippen LogP contribution in [0.25, 0.3) is 5.53 Å². The summed E-state index contributed by atoms with van der Waals surface area (Å²) in [7, 11) is -0.0603. The summed E-state index contributed by atoms with van der Waals surface area (Å²) in [5.41, 5.74) is 12.6. The van der Waals surface area contributed by atoms with Crippen molar-refractivity contribution in [3.63, 3.8) is 0 Å². The number of Topliss-reactive ketones (excluding diaryl/α,β-unsaturated/α-hetero) is 1. The van der Waals surface area contributed by atoms with Crippen molar-refractivity contribution in [2.45, 2.75) is 314 Å². The summed E-state index contributed by atoms with van der Waals surface area (Å²) >= 11 is 5.87. The van der Waals surface area contributed by atoms with E-state index in [2.05, 4.69) is 57.1 Å². The number of amides is 8. The molecule has 38 heteroatoms. The van der Waals surface area contributed by atoms with Crippen molar-refractivity contribution >= 4 is 95.6 Å². The summed E-state index contributed by atoms with van der Waals surface area (Å²) in [5.74, 6) is 12.1. The van der Waals surface area contributed by atoms with Gasteiger partial charge in [-0.25, -0.2) is 28.8 Å². The Morgan fingerprint density at radius 2 is 0.943 bits per heavy atom. The number of aliphatic hydroxyl groups is 1. The van der Waals surface area contributed by atoms with Gasteiger partial charge >= 0.3 is 62.0 Å². The van der Waals surface area contributed by atoms with Gasteiger partial charge in [0.25, 0.3) is 0 Å². The third-order valence-corrected chi connectivity index (χ3v) is 30.8. The molecule has 7 saturated carbocycles. The molecule has 34 nitrogen and oxygen atoms in total. The zero-order valence-electron chi connectivity index (χ0n) is 81.8. The van der Waals surface area contributed by atoms with Crippen LogP contribution in [-0.4, -0.2) is 242 Å². The van der Waals surface area contributed by atoms with Crippen LogP contribution in [0.15, 0.2) is 122 Å². The number of rotatable bonds is 29. The van der Waals surface area contributed by atoms with Crippen molar-refractivity contribution < 1.29 is 121 Å². The third-order valence-electron chi connectivity index (χ3n) is 28.6. The van der Waals surface area contributed by atoms with Gasteiger partial charge in [-0.05, 0) is 154 Å². The van der Waals surface area contributed by atoms with E-state index in [4.69, 9.17) is 69.1 Å². The Hall–Kier alpha value is -9.22. The zero-order valence-corrected chi connectivity index (χ0v) is 82.5. The van der Waals surface area contributed by atoms with Crippen molar-refractivity contribution in [3.05, 3.63) is 148 Å². The molecule has 5 aromatic rings. The molecule has 20 rings (SSSR count). The summed E-state index contributed by atoms with van der Waals surface area (Å²) < 4.78 is 35.7. The average molecular weight is 1990 g/mol. The largest absolute Gasteiger partial charge is 1.00 e. The quantitative estimate of drug-likeness (QED) is 0.00295. The fraction of sp³-hybridized carbons (Fsp3) is 0.627. The number of nitrogens with zero attached hydrogens (tertiary/aromatic N) is 14. The van der Waals surface area contributed by atoms with Gasteiger partial charge in [0.1, 0.15) is 49.0 Å². The smallest absolute Gasteiger partial charge is 1.00 e. The molecule has 15 aliphatic rings. The van der Waals surface area contributed by atoms with Gasteiger partial charge in [-0.2, -0.15) is 20.0 Å². The fourth-order valence-corrected chi connectivity index (χ4v) is 19.9. The van der Waals surface area contributed by atoms with E-state index in [1.165, 1.54) is 158 Å². The number of terminal acetylenes is 2. The number of aldehydes is 1. The fourth-order valence-electron chi connectivity index (χ4n) is 18.7. The molecule has 8 amide bonds. The van der Waals surface area contributed by atoms with E-state index in [1.807, 2.05) is 102 Å². The molecule has 0 radical (unpaired) electrons. The number of ether oxygens (including phenoxy) is 1. The maximum atomic E-state index is 12.9. The number of hydrogen-bond acceptors (Lipinski definition) is 24. The molecule has 8 bridgehead atoms. The second-order valence-electron chi connectivity index (χ2n) is 37.8. The predicted octanol–water partition coefficient (Wildman–Crippen LogP) is 15.5. The van der Waals surface area contributed by atoms with Gasteiger partial charge in [0.15, 0.2) is 22.5 Å². The minimum Gasteiger partial charge on any atom is -1.00 e. The van der Waals surface area contributed by atoms with Crippen molar-refractivity contribution in [2.75, 3.05) is 54.1 Å². The van der Waals surface area contributed by atoms with Crippen LogP contribution in [0.4, 0.5) is 19.2 Å². The molecule has 3 aromatic carbocycles. The predicted molar refractivity (Wildman–Crippen MR) is 528 cm³/mol. The molecule has 0 spiro atoms. The monoisotopic (exact) mass is 1990 g/mol. The van der Waals surface area contributed by atoms with E-state index in [1.54, 1.807) is 19.8 Å². The molecule has 15 fully saturated rings. The van der Waals surface area contributed by atoms with Crippen LogP contribution in [0.3, 0.4) is 0 Å². The van der Waals surface area contributed by atoms with Gasteiger partial charge in [0.2, 0.25) is 5.78 Å². The van der Waals surface area contributed by atoms with Crippen LogP contribution in [0.5, 0.6) is 0 Å². The summed E-state index contributed by atoms with van der Waals surface area (Å²) in [6.07, 6.45) is 53.5. The number of oxime groups is 2. The van der Waals surface area contributed by atoms with Crippen LogP contribution in [0.1, 0.15) is 286 Å². The van der Waals surface area contributed by atoms with Gasteiger partial charge in [-0.3, -0.25) is 29.3 Å². The van der Waals surface area contributed by atoms with Crippen molar-refractivity contribution in [3.8, 4) is 24.7 Å². The van der Waals surface area contributed by atoms with Crippen LogP contribution >= 0.6 is 19.2 Å². The third kappa shape index (κ3) is 33.4. The van der Waals surface area contributed by atoms with E-state index >= 15 is 0 Å².